The van der Waals surface area contributed by atoms with Crippen molar-refractivity contribution in [1.29, 1.82) is 0 Å². The van der Waals surface area contributed by atoms with Gasteiger partial charge in [0.25, 0.3) is 0 Å². The molecule has 0 heterocycles. The zero-order valence-corrected chi connectivity index (χ0v) is 87.8. The Kier molecular flexibility index (Phi) is 25.2. The first kappa shape index (κ1) is 94.2. The average molecular weight is 1940 g/mol. The predicted molar refractivity (Wildman–Crippen MR) is 641 cm³/mol. The SMILES string of the molecule is COc1ccc(N(c2cc(-c3ccccc3)cc(-c3ccc(C)cc3)c2)c2ccc3ccc4c(N(c5ccc(OC)cc5)c5cc(-c6ccccc6)cc(-c6ccc(C)cc6)c5)ccc5ccc2c3c54)cc1.Cc1ccc(-c2cc(-c3ccccc3)cc(N(c3ccc([Si](C)(C)C)cc3)c3ccc4ccc5c(N(c6ccc([Si](C)(C)C)cc6)c6cc(-c7ccccc7)cc(-c7ccc(C)cc7)c6)ccc6ccc3c4c65)c2)cc1. The van der Waals surface area contributed by atoms with Gasteiger partial charge in [0.15, 0.2) is 0 Å². The quantitative estimate of drug-likeness (QED) is 0.0443. The van der Waals surface area contributed by atoms with Gasteiger partial charge in [0.05, 0.1) is 53.1 Å². The summed E-state index contributed by atoms with van der Waals surface area (Å²) >= 11 is 0. The van der Waals surface area contributed by atoms with Gasteiger partial charge in [0, 0.05) is 67.0 Å². The van der Waals surface area contributed by atoms with Gasteiger partial charge in [-0.15, -0.1) is 0 Å². The summed E-state index contributed by atoms with van der Waals surface area (Å²) in [4.78, 5) is 9.86. The lowest BCUT2D eigenvalue weighted by Crippen LogP contribution is -2.37. The molecule has 0 saturated heterocycles. The van der Waals surface area contributed by atoms with Crippen LogP contribution in [0.25, 0.3) is 154 Å². The van der Waals surface area contributed by atoms with Crippen LogP contribution in [0.2, 0.25) is 39.3 Å². The average Bonchev–Trinajstić information content (AvgIpc) is 0.719. The minimum atomic E-state index is -1.59. The summed E-state index contributed by atoms with van der Waals surface area (Å²) in [7, 11) is 0.264. The topological polar surface area (TPSA) is 31.4 Å². The Morgan fingerprint density at radius 1 is 0.162 bits per heavy atom. The normalized spacial score (nSPS) is 11.6. The number of hydrogen-bond donors (Lipinski definition) is 0. The van der Waals surface area contributed by atoms with E-state index in [1.165, 1.54) is 142 Å². The summed E-state index contributed by atoms with van der Waals surface area (Å²) in [6.07, 6.45) is 0. The molecular weight excluding hydrogens is 1830 g/mol. The van der Waals surface area contributed by atoms with Gasteiger partial charge in [0.1, 0.15) is 11.5 Å². The molecule has 8 heteroatoms. The zero-order chi connectivity index (χ0) is 101. The summed E-state index contributed by atoms with van der Waals surface area (Å²) in [5.74, 6) is 1.61. The van der Waals surface area contributed by atoms with Crippen LogP contribution in [0, 0.1) is 27.7 Å². The van der Waals surface area contributed by atoms with Crippen molar-refractivity contribution in [1.82, 2.24) is 0 Å². The van der Waals surface area contributed by atoms with Gasteiger partial charge < -0.3 is 29.1 Å². The number of aryl methyl sites for hydroxylation is 4. The van der Waals surface area contributed by atoms with Gasteiger partial charge >= 0.3 is 0 Å². The fraction of sp³-hybridized carbons (Fsp3) is 0.0857. The Balaban J connectivity index is 0.000000163. The van der Waals surface area contributed by atoms with Gasteiger partial charge in [-0.3, -0.25) is 0 Å². The van der Waals surface area contributed by atoms with Gasteiger partial charge in [-0.05, 0) is 330 Å². The van der Waals surface area contributed by atoms with Crippen molar-refractivity contribution in [3.63, 3.8) is 0 Å². The van der Waals surface area contributed by atoms with E-state index in [0.717, 1.165) is 124 Å². The van der Waals surface area contributed by atoms with E-state index in [9.17, 15) is 0 Å². The van der Waals surface area contributed by atoms with Crippen molar-refractivity contribution in [3.8, 4) is 101 Å². The number of hydrogen-bond acceptors (Lipinski definition) is 6. The molecule has 0 aliphatic rings. The molecule has 0 N–H and O–H groups in total. The third kappa shape index (κ3) is 18.7. The number of benzene rings is 24. The molecule has 148 heavy (non-hydrogen) atoms. The second-order valence-electron chi connectivity index (χ2n) is 41.5. The van der Waals surface area contributed by atoms with E-state index in [4.69, 9.17) is 9.47 Å². The molecule has 0 aliphatic carbocycles. The summed E-state index contributed by atoms with van der Waals surface area (Å²) in [6, 6.07) is 180. The van der Waals surface area contributed by atoms with Crippen molar-refractivity contribution < 1.29 is 9.47 Å². The molecule has 24 aromatic rings. The molecule has 716 valence electrons. The second kappa shape index (κ2) is 39.6. The van der Waals surface area contributed by atoms with Crippen molar-refractivity contribution in [2.75, 3.05) is 33.8 Å². The smallest absolute Gasteiger partial charge is 0.119 e. The molecule has 0 bridgehead atoms. The Labute approximate surface area is 871 Å². The van der Waals surface area contributed by atoms with Crippen LogP contribution in [0.5, 0.6) is 11.5 Å². The van der Waals surface area contributed by atoms with E-state index in [-0.39, 0.29) is 0 Å². The molecule has 0 radical (unpaired) electrons. The number of methoxy groups -OCH3 is 2. The lowest BCUT2D eigenvalue weighted by atomic mass is 9.91. The fourth-order valence-electron chi connectivity index (χ4n) is 21.5. The van der Waals surface area contributed by atoms with E-state index in [1.54, 1.807) is 14.2 Å². The summed E-state index contributed by atoms with van der Waals surface area (Å²) in [5, 5.41) is 17.4. The first-order chi connectivity index (χ1) is 72.1. The molecule has 0 aliphatic heterocycles. The second-order valence-corrected chi connectivity index (χ2v) is 51.7. The summed E-state index contributed by atoms with van der Waals surface area (Å²) in [6.45, 7) is 23.2. The lowest BCUT2D eigenvalue weighted by molar-refractivity contribution is 0.414. The molecular formula is C140H116N4O2Si2. The van der Waals surface area contributed by atoms with Crippen molar-refractivity contribution in [3.05, 3.63) is 508 Å². The van der Waals surface area contributed by atoms with Gasteiger partial charge in [-0.2, -0.15) is 0 Å². The third-order valence-corrected chi connectivity index (χ3v) is 33.6. The van der Waals surface area contributed by atoms with E-state index in [2.05, 4.69) is 572 Å². The Hall–Kier alpha value is -17.4. The van der Waals surface area contributed by atoms with Crippen molar-refractivity contribution >= 4 is 159 Å². The standard InChI is InChI=1S/C72H64N2Si2.C68H52N2O2/c1-49-19-23-53(24-20-49)59-43-57(51-15-11-9-12-16-51)45-63(47-59)73(61-31-35-65(36-32-61)75(3,4)5)69-41-29-55-28-40-68-70(42-30-56-27-39-67(69)71(55)72(56)68)74(62-33-37-66(38-34-62)76(6,7)8)64-46-58(52-17-13-10-14-18-52)44-60(48-64)54-25-21-50(2)22-26-54;1-45-15-19-49(20-16-45)55-39-53(47-11-7-5-8-12-47)41-59(43-55)69(57-27-31-61(71-3)32-28-57)65-37-25-51-24-36-64-66(38-26-52-23-35-63(65)67(51)68(52)64)70(58-29-33-62(72-4)34-30-58)60-42-54(48-13-9-6-10-14-48)40-56(44-60)50-21-17-46(2)18-22-50/h9-48H,1-8H3;5-44H,1-4H3. The van der Waals surface area contributed by atoms with Gasteiger partial charge in [0.2, 0.25) is 0 Å². The summed E-state index contributed by atoms with van der Waals surface area (Å²) < 4.78 is 11.4. The molecule has 24 aromatic carbocycles. The summed E-state index contributed by atoms with van der Waals surface area (Å²) in [5.41, 5.74) is 36.8. The number of ether oxygens (including phenoxy) is 2. The molecule has 24 rings (SSSR count). The molecule has 6 nitrogen and oxygen atoms in total. The Morgan fingerprint density at radius 3 is 0.534 bits per heavy atom. The molecule has 0 aromatic heterocycles. The minimum absolute atomic E-state index is 0.807. The van der Waals surface area contributed by atoms with Crippen LogP contribution in [0.1, 0.15) is 22.3 Å². The van der Waals surface area contributed by atoms with Crippen molar-refractivity contribution in [2.45, 2.75) is 67.0 Å². The third-order valence-electron chi connectivity index (χ3n) is 29.5. The number of nitrogens with zero attached hydrogens (tertiary/aromatic N) is 4. The monoisotopic (exact) mass is 1940 g/mol. The van der Waals surface area contributed by atoms with E-state index in [0.29, 0.717) is 0 Å². The van der Waals surface area contributed by atoms with Crippen LogP contribution >= 0.6 is 0 Å². The molecule has 0 fully saturated rings. The molecule has 0 atom stereocenters. The van der Waals surface area contributed by atoms with Crippen LogP contribution in [-0.2, 0) is 0 Å². The highest BCUT2D eigenvalue weighted by atomic mass is 28.3. The van der Waals surface area contributed by atoms with Crippen LogP contribution in [0.3, 0.4) is 0 Å². The number of rotatable bonds is 24. The lowest BCUT2D eigenvalue weighted by Gasteiger charge is -2.31. The van der Waals surface area contributed by atoms with Crippen LogP contribution < -0.4 is 39.4 Å². The minimum Gasteiger partial charge on any atom is -0.497 e. The highest BCUT2D eigenvalue weighted by molar-refractivity contribution is 6.89. The maximum absolute atomic E-state index is 5.71. The van der Waals surface area contributed by atoms with Crippen LogP contribution in [0.4, 0.5) is 68.2 Å². The maximum Gasteiger partial charge on any atom is 0.119 e. The Bertz CT molecular complexity index is 8440. The molecule has 0 saturated carbocycles. The largest absolute Gasteiger partial charge is 0.497 e. The maximum atomic E-state index is 5.71. The molecule has 0 unspecified atom stereocenters. The van der Waals surface area contributed by atoms with Crippen molar-refractivity contribution in [2.24, 2.45) is 0 Å². The Morgan fingerprint density at radius 2 is 0.345 bits per heavy atom. The predicted octanol–water partition coefficient (Wildman–Crippen LogP) is 38.7. The molecule has 0 spiro atoms. The van der Waals surface area contributed by atoms with E-state index < -0.39 is 16.1 Å². The van der Waals surface area contributed by atoms with Crippen LogP contribution in [-0.4, -0.2) is 30.4 Å². The van der Waals surface area contributed by atoms with E-state index in [1.807, 2.05) is 0 Å². The van der Waals surface area contributed by atoms with Crippen LogP contribution in [0.15, 0.2) is 485 Å². The highest BCUT2D eigenvalue weighted by Crippen LogP contribution is 2.54. The zero-order valence-electron chi connectivity index (χ0n) is 85.8. The molecule has 0 amide bonds. The number of anilines is 12. The van der Waals surface area contributed by atoms with Gasteiger partial charge in [-0.25, -0.2) is 0 Å². The van der Waals surface area contributed by atoms with Gasteiger partial charge in [-0.1, -0.05) is 387 Å². The highest BCUT2D eigenvalue weighted by Gasteiger charge is 2.30. The van der Waals surface area contributed by atoms with E-state index >= 15 is 0 Å². The fourth-order valence-corrected chi connectivity index (χ4v) is 23.8. The first-order valence-electron chi connectivity index (χ1n) is 51.3. The first-order valence-corrected chi connectivity index (χ1v) is 58.3.